The molecule has 0 saturated carbocycles. The van der Waals surface area contributed by atoms with Crippen LogP contribution in [0.15, 0.2) is 24.3 Å². The van der Waals surface area contributed by atoms with Crippen molar-refractivity contribution in [2.45, 2.75) is 19.0 Å². The van der Waals surface area contributed by atoms with Crippen molar-refractivity contribution in [3.63, 3.8) is 0 Å². The summed E-state index contributed by atoms with van der Waals surface area (Å²) < 4.78 is 37.2. The molecular formula is C13H15F3N2O3. The van der Waals surface area contributed by atoms with Crippen molar-refractivity contribution < 1.29 is 27.9 Å². The lowest BCUT2D eigenvalue weighted by Crippen LogP contribution is -2.36. The van der Waals surface area contributed by atoms with Crippen LogP contribution in [-0.4, -0.2) is 36.2 Å². The summed E-state index contributed by atoms with van der Waals surface area (Å²) in [5, 5.41) is 12.9. The molecule has 0 aliphatic heterocycles. The highest BCUT2D eigenvalue weighted by atomic mass is 19.4. The molecule has 0 aromatic heterocycles. The van der Waals surface area contributed by atoms with Crippen LogP contribution in [0.4, 0.5) is 18.9 Å². The molecule has 0 radical (unpaired) electrons. The molecule has 0 saturated heterocycles. The minimum absolute atomic E-state index is 0.0582. The molecule has 1 aromatic carbocycles. The van der Waals surface area contributed by atoms with Gasteiger partial charge in [-0.1, -0.05) is 18.2 Å². The first kappa shape index (κ1) is 17.0. The average molecular weight is 304 g/mol. The molecule has 0 spiro atoms. The van der Waals surface area contributed by atoms with Gasteiger partial charge in [-0.15, -0.1) is 0 Å². The summed E-state index contributed by atoms with van der Waals surface area (Å²) in [6, 6.07) is 5.39. The zero-order valence-electron chi connectivity index (χ0n) is 11.0. The van der Waals surface area contributed by atoms with E-state index < -0.39 is 24.4 Å². The van der Waals surface area contributed by atoms with Crippen LogP contribution in [0.3, 0.4) is 0 Å². The molecule has 21 heavy (non-hydrogen) atoms. The van der Waals surface area contributed by atoms with E-state index in [1.165, 1.54) is 24.3 Å². The number of carbonyl (C=O) groups is 2. The van der Waals surface area contributed by atoms with Gasteiger partial charge >= 0.3 is 18.0 Å². The van der Waals surface area contributed by atoms with Gasteiger partial charge in [-0.05, 0) is 18.1 Å². The quantitative estimate of drug-likeness (QED) is 0.565. The zero-order valence-corrected chi connectivity index (χ0v) is 11.0. The first-order chi connectivity index (χ1) is 9.83. The molecule has 3 N–H and O–H groups in total. The molecule has 5 nitrogen and oxygen atoms in total. The number of carbonyl (C=O) groups excluding carboxylic acids is 2. The second-order valence-corrected chi connectivity index (χ2v) is 4.24. The number of para-hydroxylation sites is 1. The fourth-order valence-corrected chi connectivity index (χ4v) is 1.55. The number of alkyl halides is 3. The molecule has 0 aliphatic rings. The Hall–Kier alpha value is -2.09. The molecule has 0 atom stereocenters. The standard InChI is InChI=1S/C13H15F3N2O3/c14-13(15,16)8-9-4-1-2-5-10(9)18-12(21)11(20)17-6-3-7-19/h1-2,4-5,19H,3,6-8H2,(H,17,20)(H,18,21). The molecule has 1 rings (SSSR count). The summed E-state index contributed by atoms with van der Waals surface area (Å²) >= 11 is 0. The molecule has 8 heteroatoms. The number of anilines is 1. The smallest absolute Gasteiger partial charge is 0.393 e. The van der Waals surface area contributed by atoms with Gasteiger partial charge in [0.05, 0.1) is 6.42 Å². The second-order valence-electron chi connectivity index (χ2n) is 4.24. The van der Waals surface area contributed by atoms with E-state index >= 15 is 0 Å². The largest absolute Gasteiger partial charge is 0.396 e. The Morgan fingerprint density at radius 2 is 1.81 bits per heavy atom. The van der Waals surface area contributed by atoms with E-state index in [1.54, 1.807) is 0 Å². The Bertz CT molecular complexity index is 504. The van der Waals surface area contributed by atoms with Gasteiger partial charge in [0.2, 0.25) is 0 Å². The summed E-state index contributed by atoms with van der Waals surface area (Å²) in [6.07, 6.45) is -5.33. The minimum atomic E-state index is -4.41. The van der Waals surface area contributed by atoms with Crippen LogP contribution in [0.2, 0.25) is 0 Å². The number of rotatable bonds is 5. The summed E-state index contributed by atoms with van der Waals surface area (Å²) in [7, 11) is 0. The maximum Gasteiger partial charge on any atom is 0.393 e. The normalized spacial score (nSPS) is 11.0. The Balaban J connectivity index is 2.70. The highest BCUT2D eigenvalue weighted by Gasteiger charge is 2.29. The Kier molecular flexibility index (Phi) is 6.16. The van der Waals surface area contributed by atoms with Crippen LogP contribution >= 0.6 is 0 Å². The Morgan fingerprint density at radius 1 is 1.14 bits per heavy atom. The summed E-state index contributed by atoms with van der Waals surface area (Å²) in [4.78, 5) is 22.9. The lowest BCUT2D eigenvalue weighted by molar-refractivity contribution is -0.136. The number of amides is 2. The van der Waals surface area contributed by atoms with Crippen molar-refractivity contribution >= 4 is 17.5 Å². The minimum Gasteiger partial charge on any atom is -0.396 e. The van der Waals surface area contributed by atoms with Crippen LogP contribution in [-0.2, 0) is 16.0 Å². The third-order valence-electron chi connectivity index (χ3n) is 2.48. The van der Waals surface area contributed by atoms with Gasteiger partial charge in [0.25, 0.3) is 0 Å². The van der Waals surface area contributed by atoms with E-state index in [1.807, 2.05) is 0 Å². The highest BCUT2D eigenvalue weighted by Crippen LogP contribution is 2.25. The molecule has 0 fully saturated rings. The molecular weight excluding hydrogens is 289 g/mol. The van der Waals surface area contributed by atoms with E-state index in [-0.39, 0.29) is 30.8 Å². The van der Waals surface area contributed by atoms with Crippen molar-refractivity contribution in [2.24, 2.45) is 0 Å². The van der Waals surface area contributed by atoms with E-state index in [4.69, 9.17) is 5.11 Å². The van der Waals surface area contributed by atoms with Gasteiger partial charge in [0.1, 0.15) is 0 Å². The van der Waals surface area contributed by atoms with Gasteiger partial charge in [-0.25, -0.2) is 0 Å². The topological polar surface area (TPSA) is 78.4 Å². The third-order valence-corrected chi connectivity index (χ3v) is 2.48. The van der Waals surface area contributed by atoms with Gasteiger partial charge in [-0.2, -0.15) is 13.2 Å². The Morgan fingerprint density at radius 3 is 2.43 bits per heavy atom. The number of hydrogen-bond donors (Lipinski definition) is 3. The van der Waals surface area contributed by atoms with Crippen LogP contribution in [0.1, 0.15) is 12.0 Å². The summed E-state index contributed by atoms with van der Waals surface area (Å²) in [5.41, 5.74) is -0.182. The zero-order chi connectivity index (χ0) is 15.9. The van der Waals surface area contributed by atoms with Gasteiger partial charge in [0, 0.05) is 18.8 Å². The molecule has 2 amide bonds. The predicted molar refractivity (Wildman–Crippen MR) is 69.5 cm³/mol. The Labute approximate surface area is 119 Å². The maximum atomic E-state index is 12.4. The van der Waals surface area contributed by atoms with Crippen molar-refractivity contribution in [3.8, 4) is 0 Å². The number of halogens is 3. The average Bonchev–Trinajstić information content (AvgIpc) is 2.39. The molecule has 0 bridgehead atoms. The van der Waals surface area contributed by atoms with E-state index in [2.05, 4.69) is 10.6 Å². The van der Waals surface area contributed by atoms with Crippen molar-refractivity contribution in [3.05, 3.63) is 29.8 Å². The van der Waals surface area contributed by atoms with Gasteiger partial charge in [0.15, 0.2) is 0 Å². The van der Waals surface area contributed by atoms with Crippen LogP contribution in [0.25, 0.3) is 0 Å². The summed E-state index contributed by atoms with van der Waals surface area (Å²) in [6.45, 7) is -0.0384. The van der Waals surface area contributed by atoms with Gasteiger partial charge in [-0.3, -0.25) is 9.59 Å². The fraction of sp³-hybridized carbons (Fsp3) is 0.385. The van der Waals surface area contributed by atoms with Crippen LogP contribution < -0.4 is 10.6 Å². The third kappa shape index (κ3) is 6.26. The fourth-order valence-electron chi connectivity index (χ4n) is 1.55. The molecule has 1 aromatic rings. The van der Waals surface area contributed by atoms with Crippen LogP contribution in [0.5, 0.6) is 0 Å². The first-order valence-corrected chi connectivity index (χ1v) is 6.18. The van der Waals surface area contributed by atoms with Crippen molar-refractivity contribution in [1.82, 2.24) is 5.32 Å². The number of aliphatic hydroxyl groups is 1. The lowest BCUT2D eigenvalue weighted by Gasteiger charge is -2.12. The molecule has 116 valence electrons. The summed E-state index contributed by atoms with van der Waals surface area (Å²) in [5.74, 6) is -2.02. The number of benzene rings is 1. The first-order valence-electron chi connectivity index (χ1n) is 6.18. The lowest BCUT2D eigenvalue weighted by atomic mass is 10.1. The van der Waals surface area contributed by atoms with Crippen molar-refractivity contribution in [1.29, 1.82) is 0 Å². The SMILES string of the molecule is O=C(NCCCO)C(=O)Nc1ccccc1CC(F)(F)F. The predicted octanol–water partition coefficient (Wildman–Crippen LogP) is 1.23. The van der Waals surface area contributed by atoms with E-state index in [0.717, 1.165) is 0 Å². The van der Waals surface area contributed by atoms with Gasteiger partial charge < -0.3 is 15.7 Å². The maximum absolute atomic E-state index is 12.4. The highest BCUT2D eigenvalue weighted by molar-refractivity contribution is 6.39. The van der Waals surface area contributed by atoms with Crippen molar-refractivity contribution in [2.75, 3.05) is 18.5 Å². The van der Waals surface area contributed by atoms with E-state index in [9.17, 15) is 22.8 Å². The molecule has 0 unspecified atom stereocenters. The number of nitrogens with one attached hydrogen (secondary N) is 2. The van der Waals surface area contributed by atoms with E-state index in [0.29, 0.717) is 0 Å². The molecule has 0 heterocycles. The van der Waals surface area contributed by atoms with Crippen LogP contribution in [0, 0.1) is 0 Å². The number of aliphatic hydroxyl groups excluding tert-OH is 1. The number of hydrogen-bond acceptors (Lipinski definition) is 3. The monoisotopic (exact) mass is 304 g/mol. The second kappa shape index (κ2) is 7.63. The molecule has 0 aliphatic carbocycles.